The number of rotatable bonds is 3. The van der Waals surface area contributed by atoms with E-state index in [0.717, 1.165) is 0 Å². The Kier molecular flexibility index (Phi) is 4.60. The van der Waals surface area contributed by atoms with Crippen molar-refractivity contribution in [2.45, 2.75) is 10.4 Å². The normalized spacial score (nSPS) is 11.4. The van der Waals surface area contributed by atoms with Crippen LogP contribution in [0, 0.1) is 3.57 Å². The van der Waals surface area contributed by atoms with Gasteiger partial charge in [-0.15, -0.1) is 0 Å². The van der Waals surface area contributed by atoms with Gasteiger partial charge in [-0.1, -0.05) is 0 Å². The molecule has 2 nitrogen and oxygen atoms in total. The fraction of sp³-hybridized carbons (Fsp3) is 0.333. The molecule has 0 aliphatic heterocycles. The Hall–Kier alpha value is -0.310. The largest absolute Gasteiger partial charge is 0.495 e. The first-order chi connectivity index (χ1) is 7.39. The Morgan fingerprint density at radius 1 is 1.19 bits per heavy atom. The molecule has 0 aliphatic carbocycles. The van der Waals surface area contributed by atoms with Crippen molar-refractivity contribution in [1.29, 1.82) is 0 Å². The first-order valence-corrected chi connectivity index (χ1v) is 5.94. The molecule has 0 spiro atoms. The zero-order valence-electron chi connectivity index (χ0n) is 8.39. The maximum atomic E-state index is 12.4. The smallest absolute Gasteiger partial charge is 0.446 e. The zero-order valence-corrected chi connectivity index (χ0v) is 11.4. The number of ether oxygens (including phenoxy) is 2. The molecule has 0 amide bonds. The summed E-state index contributed by atoms with van der Waals surface area (Å²) >= 11 is 1.67. The SMILES string of the molecule is COc1ccc(I)c(OC)c1SC(F)(F)F. The van der Waals surface area contributed by atoms with Gasteiger partial charge in [0.05, 0.1) is 17.8 Å². The van der Waals surface area contributed by atoms with Gasteiger partial charge in [0.2, 0.25) is 0 Å². The van der Waals surface area contributed by atoms with Crippen LogP contribution in [0.1, 0.15) is 0 Å². The van der Waals surface area contributed by atoms with E-state index in [1.54, 1.807) is 6.07 Å². The molecule has 0 saturated heterocycles. The lowest BCUT2D eigenvalue weighted by atomic mass is 10.3. The Labute approximate surface area is 109 Å². The van der Waals surface area contributed by atoms with Crippen LogP contribution in [0.3, 0.4) is 0 Å². The Morgan fingerprint density at radius 3 is 2.25 bits per heavy atom. The van der Waals surface area contributed by atoms with Crippen molar-refractivity contribution < 1.29 is 22.6 Å². The second-order valence-electron chi connectivity index (χ2n) is 2.66. The van der Waals surface area contributed by atoms with Gasteiger partial charge in [0, 0.05) is 0 Å². The van der Waals surface area contributed by atoms with E-state index in [1.165, 1.54) is 20.3 Å². The molecule has 0 aromatic heterocycles. The molecule has 0 bridgehead atoms. The third-order valence-corrected chi connectivity index (χ3v) is 3.34. The second kappa shape index (κ2) is 5.35. The van der Waals surface area contributed by atoms with Crippen LogP contribution in [0.15, 0.2) is 17.0 Å². The summed E-state index contributed by atoms with van der Waals surface area (Å²) in [7, 11) is 2.65. The maximum absolute atomic E-state index is 12.4. The van der Waals surface area contributed by atoms with E-state index < -0.39 is 5.51 Å². The first-order valence-electron chi connectivity index (χ1n) is 4.05. The fourth-order valence-electron chi connectivity index (χ4n) is 1.08. The number of methoxy groups -OCH3 is 2. The number of benzene rings is 1. The van der Waals surface area contributed by atoms with Crippen molar-refractivity contribution in [3.8, 4) is 11.5 Å². The Morgan fingerprint density at radius 2 is 1.81 bits per heavy atom. The number of hydrogen-bond donors (Lipinski definition) is 0. The van der Waals surface area contributed by atoms with Gasteiger partial charge in [-0.05, 0) is 46.5 Å². The summed E-state index contributed by atoms with van der Waals surface area (Å²) in [6.45, 7) is 0. The average Bonchev–Trinajstić information content (AvgIpc) is 2.16. The average molecular weight is 364 g/mol. The predicted octanol–water partition coefficient (Wildman–Crippen LogP) is 3.92. The lowest BCUT2D eigenvalue weighted by Crippen LogP contribution is -2.02. The molecule has 0 N–H and O–H groups in total. The van der Waals surface area contributed by atoms with Gasteiger partial charge >= 0.3 is 5.51 Å². The predicted molar refractivity (Wildman–Crippen MR) is 64.2 cm³/mol. The molecule has 0 radical (unpaired) electrons. The van der Waals surface area contributed by atoms with Crippen LogP contribution in [0.5, 0.6) is 11.5 Å². The summed E-state index contributed by atoms with van der Waals surface area (Å²) in [6.07, 6.45) is 0. The third-order valence-electron chi connectivity index (χ3n) is 1.67. The number of thioether (sulfide) groups is 1. The lowest BCUT2D eigenvalue weighted by Gasteiger charge is -2.15. The van der Waals surface area contributed by atoms with E-state index in [1.807, 2.05) is 22.6 Å². The van der Waals surface area contributed by atoms with Crippen LogP contribution in [0.25, 0.3) is 0 Å². The van der Waals surface area contributed by atoms with Crippen molar-refractivity contribution in [1.82, 2.24) is 0 Å². The van der Waals surface area contributed by atoms with Gasteiger partial charge in [-0.3, -0.25) is 0 Å². The highest BCUT2D eigenvalue weighted by molar-refractivity contribution is 14.1. The zero-order chi connectivity index (χ0) is 12.3. The Bertz CT molecular complexity index is 382. The van der Waals surface area contributed by atoms with Gasteiger partial charge < -0.3 is 9.47 Å². The molecule has 7 heteroatoms. The minimum absolute atomic E-state index is 0.0515. The molecule has 0 aliphatic rings. The van der Waals surface area contributed by atoms with Gasteiger partial charge in [0.25, 0.3) is 0 Å². The van der Waals surface area contributed by atoms with Gasteiger partial charge in [0.1, 0.15) is 16.4 Å². The van der Waals surface area contributed by atoms with Crippen LogP contribution < -0.4 is 9.47 Å². The van der Waals surface area contributed by atoms with Crippen molar-refractivity contribution in [2.75, 3.05) is 14.2 Å². The number of halogens is 4. The van der Waals surface area contributed by atoms with Crippen LogP contribution in [-0.4, -0.2) is 19.7 Å². The monoisotopic (exact) mass is 364 g/mol. The van der Waals surface area contributed by atoms with Gasteiger partial charge in [-0.2, -0.15) is 13.2 Å². The minimum atomic E-state index is -4.37. The summed E-state index contributed by atoms with van der Waals surface area (Å²) in [4.78, 5) is -0.0515. The summed E-state index contributed by atoms with van der Waals surface area (Å²) < 4.78 is 47.5. The molecule has 90 valence electrons. The van der Waals surface area contributed by atoms with Crippen molar-refractivity contribution >= 4 is 34.4 Å². The maximum Gasteiger partial charge on any atom is 0.446 e. The number of alkyl halides is 3. The summed E-state index contributed by atoms with van der Waals surface area (Å²) in [5.41, 5.74) is -4.37. The molecule has 0 heterocycles. The molecular weight excluding hydrogens is 356 g/mol. The third kappa shape index (κ3) is 3.34. The highest BCUT2D eigenvalue weighted by Gasteiger charge is 2.33. The summed E-state index contributed by atoms with van der Waals surface area (Å²) in [5.74, 6) is 0.335. The van der Waals surface area contributed by atoms with E-state index in [2.05, 4.69) is 0 Å². The van der Waals surface area contributed by atoms with Crippen LogP contribution >= 0.6 is 34.4 Å². The highest BCUT2D eigenvalue weighted by atomic mass is 127. The van der Waals surface area contributed by atoms with Crippen molar-refractivity contribution in [3.63, 3.8) is 0 Å². The molecular formula is C9H8F3IO2S. The van der Waals surface area contributed by atoms with Crippen molar-refractivity contribution in [2.24, 2.45) is 0 Å². The topological polar surface area (TPSA) is 18.5 Å². The number of hydrogen-bond acceptors (Lipinski definition) is 3. The lowest BCUT2D eigenvalue weighted by molar-refractivity contribution is -0.0329. The minimum Gasteiger partial charge on any atom is -0.495 e. The molecule has 0 unspecified atom stereocenters. The van der Waals surface area contributed by atoms with Gasteiger partial charge in [-0.25, -0.2) is 0 Å². The molecule has 0 fully saturated rings. The molecule has 1 aromatic rings. The second-order valence-corrected chi connectivity index (χ2v) is 4.90. The van der Waals surface area contributed by atoms with E-state index in [9.17, 15) is 13.2 Å². The van der Waals surface area contributed by atoms with Crippen LogP contribution in [0.4, 0.5) is 13.2 Å². The molecule has 1 rings (SSSR count). The molecule has 0 saturated carbocycles. The first kappa shape index (κ1) is 13.8. The van der Waals surface area contributed by atoms with Gasteiger partial charge in [0.15, 0.2) is 0 Å². The quantitative estimate of drug-likeness (QED) is 0.599. The molecule has 16 heavy (non-hydrogen) atoms. The van der Waals surface area contributed by atoms with Crippen molar-refractivity contribution in [3.05, 3.63) is 15.7 Å². The highest BCUT2D eigenvalue weighted by Crippen LogP contribution is 2.47. The van der Waals surface area contributed by atoms with E-state index in [4.69, 9.17) is 9.47 Å². The molecule has 0 atom stereocenters. The van der Waals surface area contributed by atoms with E-state index in [0.29, 0.717) is 3.57 Å². The summed E-state index contributed by atoms with van der Waals surface area (Å²) in [5, 5.41) is 0. The van der Waals surface area contributed by atoms with E-state index >= 15 is 0 Å². The fourth-order valence-corrected chi connectivity index (χ4v) is 2.71. The molecule has 1 aromatic carbocycles. The Balaban J connectivity index is 3.25. The summed E-state index contributed by atoms with van der Waals surface area (Å²) in [6, 6.07) is 3.12. The van der Waals surface area contributed by atoms with Crippen LogP contribution in [0.2, 0.25) is 0 Å². The van der Waals surface area contributed by atoms with E-state index in [-0.39, 0.29) is 28.2 Å². The van der Waals surface area contributed by atoms with Crippen LogP contribution in [-0.2, 0) is 0 Å². The standard InChI is InChI=1S/C9H8F3IO2S/c1-14-6-4-3-5(13)7(15-2)8(6)16-9(10,11)12/h3-4H,1-2H3.